The average Bonchev–Trinajstić information content (AvgIpc) is 3.18. The van der Waals surface area contributed by atoms with Gasteiger partial charge in [-0.15, -0.1) is 0 Å². The van der Waals surface area contributed by atoms with Crippen molar-refractivity contribution in [2.24, 2.45) is 0 Å². The molecule has 10 nitrogen and oxygen atoms in total. The number of hydrogen-bond acceptors (Lipinski definition) is 7. The summed E-state index contributed by atoms with van der Waals surface area (Å²) in [6, 6.07) is 5.45. The Morgan fingerprint density at radius 2 is 2.06 bits per heavy atom. The average molecular weight is 480 g/mol. The molecule has 182 valence electrons. The SMILES string of the molecule is CC(C)(O)Cn1cc(-c2ccc(NC(=O)Nc3cc(C4(C)CC4)no3)c(F)c2)c2c(N)ncnc21. The molecule has 4 aromatic rings. The van der Waals surface area contributed by atoms with Crippen LogP contribution in [0.3, 0.4) is 0 Å². The van der Waals surface area contributed by atoms with Crippen molar-refractivity contribution < 1.29 is 18.8 Å². The van der Waals surface area contributed by atoms with Crippen LogP contribution in [0.4, 0.5) is 26.6 Å². The molecule has 0 unspecified atom stereocenters. The summed E-state index contributed by atoms with van der Waals surface area (Å²) in [7, 11) is 0. The molecule has 1 aliphatic rings. The number of carbonyl (C=O) groups is 1. The van der Waals surface area contributed by atoms with Gasteiger partial charge in [0.15, 0.2) is 0 Å². The molecule has 1 saturated carbocycles. The summed E-state index contributed by atoms with van der Waals surface area (Å²) in [4.78, 5) is 20.7. The number of aromatic nitrogens is 4. The number of carbonyl (C=O) groups excluding carboxylic acids is 1. The van der Waals surface area contributed by atoms with E-state index in [-0.39, 0.29) is 29.3 Å². The predicted octanol–water partition coefficient (Wildman–Crippen LogP) is 4.27. The van der Waals surface area contributed by atoms with Crippen molar-refractivity contribution >= 4 is 34.5 Å². The number of nitrogen functional groups attached to an aromatic ring is 1. The number of urea groups is 1. The normalized spacial score (nSPS) is 14.8. The van der Waals surface area contributed by atoms with Crippen LogP contribution in [0, 0.1) is 5.82 Å². The van der Waals surface area contributed by atoms with Gasteiger partial charge in [0.25, 0.3) is 0 Å². The third kappa shape index (κ3) is 4.54. The number of rotatable bonds is 6. The van der Waals surface area contributed by atoms with Crippen molar-refractivity contribution in [2.45, 2.75) is 51.2 Å². The first-order valence-corrected chi connectivity index (χ1v) is 11.2. The molecule has 0 saturated heterocycles. The zero-order valence-corrected chi connectivity index (χ0v) is 19.6. The molecule has 0 atom stereocenters. The summed E-state index contributed by atoms with van der Waals surface area (Å²) in [6.45, 7) is 5.69. The Balaban J connectivity index is 1.38. The van der Waals surface area contributed by atoms with E-state index < -0.39 is 17.4 Å². The number of halogens is 1. The van der Waals surface area contributed by atoms with Gasteiger partial charge in [-0.25, -0.2) is 19.2 Å². The number of fused-ring (bicyclic) bond motifs is 1. The quantitative estimate of drug-likeness (QED) is 0.323. The first kappa shape index (κ1) is 22.8. The highest BCUT2D eigenvalue weighted by atomic mass is 19.1. The van der Waals surface area contributed by atoms with Gasteiger partial charge in [0.05, 0.1) is 28.9 Å². The van der Waals surface area contributed by atoms with E-state index in [9.17, 15) is 14.3 Å². The van der Waals surface area contributed by atoms with Crippen molar-refractivity contribution in [1.82, 2.24) is 19.7 Å². The fourth-order valence-electron chi connectivity index (χ4n) is 4.02. The minimum Gasteiger partial charge on any atom is -0.389 e. The molecule has 1 aromatic carbocycles. The van der Waals surface area contributed by atoms with Crippen LogP contribution in [0.1, 0.15) is 39.3 Å². The van der Waals surface area contributed by atoms with Gasteiger partial charge in [-0.05, 0) is 44.4 Å². The smallest absolute Gasteiger partial charge is 0.326 e. The number of amides is 2. The Bertz CT molecular complexity index is 1430. The maximum atomic E-state index is 15.0. The molecule has 5 rings (SSSR count). The van der Waals surface area contributed by atoms with E-state index in [1.54, 1.807) is 36.7 Å². The Morgan fingerprint density at radius 3 is 2.74 bits per heavy atom. The van der Waals surface area contributed by atoms with Crippen LogP contribution in [0.15, 0.2) is 41.3 Å². The van der Waals surface area contributed by atoms with Crippen molar-refractivity contribution in [1.29, 1.82) is 0 Å². The summed E-state index contributed by atoms with van der Waals surface area (Å²) >= 11 is 0. The highest BCUT2D eigenvalue weighted by Gasteiger charge is 2.42. The summed E-state index contributed by atoms with van der Waals surface area (Å²) in [5, 5.41) is 19.9. The molecule has 3 aromatic heterocycles. The number of anilines is 3. The number of aliphatic hydroxyl groups is 1. The van der Waals surface area contributed by atoms with Crippen molar-refractivity contribution in [3.05, 3.63) is 48.3 Å². The highest BCUT2D eigenvalue weighted by Crippen LogP contribution is 2.47. The predicted molar refractivity (Wildman–Crippen MR) is 129 cm³/mol. The molecule has 3 heterocycles. The lowest BCUT2D eigenvalue weighted by Gasteiger charge is -2.18. The standard InChI is InChI=1S/C24H26FN7O3/c1-23(2,34)11-32-10-14(19-20(26)27-12-28-21(19)32)13-4-5-16(15(25)8-13)29-22(33)30-18-9-17(31-35-18)24(3)6-7-24/h4-5,8-10,12,34H,6-7,11H2,1-3H3,(H2,26,27,28)(H2,29,30,33). The fraction of sp³-hybridized carbons (Fsp3) is 0.333. The van der Waals surface area contributed by atoms with Gasteiger partial charge in [-0.2, -0.15) is 0 Å². The minimum atomic E-state index is -1.00. The second-order valence-corrected chi connectivity index (χ2v) is 9.85. The number of benzene rings is 1. The van der Waals surface area contributed by atoms with Crippen LogP contribution in [-0.4, -0.2) is 36.4 Å². The van der Waals surface area contributed by atoms with Gasteiger partial charge in [0.2, 0.25) is 5.88 Å². The van der Waals surface area contributed by atoms with E-state index in [0.29, 0.717) is 22.2 Å². The Hall–Kier alpha value is -3.99. The number of nitrogens with zero attached hydrogens (tertiary/aromatic N) is 4. The molecule has 35 heavy (non-hydrogen) atoms. The molecule has 5 N–H and O–H groups in total. The summed E-state index contributed by atoms with van der Waals surface area (Å²) in [5.74, 6) is -0.203. The van der Waals surface area contributed by atoms with Crippen LogP contribution < -0.4 is 16.4 Å². The van der Waals surface area contributed by atoms with Gasteiger partial charge in [-0.3, -0.25) is 5.32 Å². The third-order valence-electron chi connectivity index (χ3n) is 6.13. The Morgan fingerprint density at radius 1 is 1.29 bits per heavy atom. The zero-order valence-electron chi connectivity index (χ0n) is 19.6. The molecule has 2 amide bonds. The van der Waals surface area contributed by atoms with E-state index in [1.165, 1.54) is 18.5 Å². The zero-order chi connectivity index (χ0) is 25.0. The lowest BCUT2D eigenvalue weighted by molar-refractivity contribution is 0.0627. The summed E-state index contributed by atoms with van der Waals surface area (Å²) in [6.07, 6.45) is 5.15. The molecule has 11 heteroatoms. The second kappa shape index (κ2) is 8.05. The first-order chi connectivity index (χ1) is 16.5. The van der Waals surface area contributed by atoms with Gasteiger partial charge < -0.3 is 25.2 Å². The minimum absolute atomic E-state index is 0.00628. The Kier molecular flexibility index (Phi) is 5.24. The molecule has 1 aliphatic carbocycles. The topological polar surface area (TPSA) is 144 Å². The second-order valence-electron chi connectivity index (χ2n) is 9.85. The van der Waals surface area contributed by atoms with Gasteiger partial charge >= 0.3 is 6.03 Å². The highest BCUT2D eigenvalue weighted by molar-refractivity contribution is 6.02. The monoisotopic (exact) mass is 479 g/mol. The van der Waals surface area contributed by atoms with Gasteiger partial charge in [0.1, 0.15) is 23.6 Å². The lowest BCUT2D eigenvalue weighted by Crippen LogP contribution is -2.25. The summed E-state index contributed by atoms with van der Waals surface area (Å²) < 4.78 is 21.9. The first-order valence-electron chi connectivity index (χ1n) is 11.2. The van der Waals surface area contributed by atoms with E-state index in [4.69, 9.17) is 10.3 Å². The van der Waals surface area contributed by atoms with Gasteiger partial charge in [-0.1, -0.05) is 18.1 Å². The Labute approximate surface area is 200 Å². The van der Waals surface area contributed by atoms with E-state index in [1.807, 2.05) is 0 Å². The van der Waals surface area contributed by atoms with Crippen molar-refractivity contribution in [2.75, 3.05) is 16.4 Å². The maximum Gasteiger partial charge on any atom is 0.326 e. The molecular weight excluding hydrogens is 453 g/mol. The molecule has 0 bridgehead atoms. The maximum absolute atomic E-state index is 15.0. The van der Waals surface area contributed by atoms with Crippen molar-refractivity contribution in [3.8, 4) is 11.1 Å². The largest absolute Gasteiger partial charge is 0.389 e. The molecule has 0 spiro atoms. The number of hydrogen-bond donors (Lipinski definition) is 4. The number of nitrogens with two attached hydrogens (primary N) is 1. The van der Waals surface area contributed by atoms with Crippen LogP contribution in [0.5, 0.6) is 0 Å². The van der Waals surface area contributed by atoms with E-state index in [0.717, 1.165) is 18.5 Å². The van der Waals surface area contributed by atoms with Crippen LogP contribution >= 0.6 is 0 Å². The lowest BCUT2D eigenvalue weighted by atomic mass is 10.1. The van der Waals surface area contributed by atoms with Gasteiger partial charge in [0, 0.05) is 23.2 Å². The fourth-order valence-corrected chi connectivity index (χ4v) is 4.02. The van der Waals surface area contributed by atoms with E-state index in [2.05, 4.69) is 32.7 Å². The van der Waals surface area contributed by atoms with Crippen LogP contribution in [0.25, 0.3) is 22.2 Å². The third-order valence-corrected chi connectivity index (χ3v) is 6.13. The number of nitrogens with one attached hydrogen (secondary N) is 2. The van der Waals surface area contributed by atoms with Crippen LogP contribution in [-0.2, 0) is 12.0 Å². The molecule has 0 aliphatic heterocycles. The molecule has 0 radical (unpaired) electrons. The van der Waals surface area contributed by atoms with E-state index >= 15 is 0 Å². The molecular formula is C24H26FN7O3. The van der Waals surface area contributed by atoms with Crippen molar-refractivity contribution in [3.63, 3.8) is 0 Å². The summed E-state index contributed by atoms with van der Waals surface area (Å²) in [5.41, 5.74) is 7.55. The van der Waals surface area contributed by atoms with Crippen LogP contribution in [0.2, 0.25) is 0 Å². The molecule has 1 fully saturated rings.